The maximum atomic E-state index is 14.1. The zero-order chi connectivity index (χ0) is 14.8. The van der Waals surface area contributed by atoms with Crippen molar-refractivity contribution in [2.75, 3.05) is 32.8 Å². The van der Waals surface area contributed by atoms with Gasteiger partial charge in [0.15, 0.2) is 11.5 Å². The van der Waals surface area contributed by atoms with Gasteiger partial charge in [-0.05, 0) is 6.07 Å². The van der Waals surface area contributed by atoms with Crippen LogP contribution in [0.15, 0.2) is 18.2 Å². The zero-order valence-corrected chi connectivity index (χ0v) is 10.9. The number of hydrogen-bond donors (Lipinski definition) is 4. The summed E-state index contributed by atoms with van der Waals surface area (Å²) in [6, 6.07) is 2.49. The van der Waals surface area contributed by atoms with E-state index in [9.17, 15) is 19.0 Å². The van der Waals surface area contributed by atoms with Crippen molar-refractivity contribution in [3.63, 3.8) is 0 Å². The second-order valence-corrected chi connectivity index (χ2v) is 4.82. The second kappa shape index (κ2) is 5.90. The Morgan fingerprint density at radius 2 is 1.90 bits per heavy atom. The highest BCUT2D eigenvalue weighted by Crippen LogP contribution is 2.42. The van der Waals surface area contributed by atoms with Crippen molar-refractivity contribution < 1.29 is 24.1 Å². The number of aromatic hydroxyl groups is 2. The largest absolute Gasteiger partial charge is 0.504 e. The van der Waals surface area contributed by atoms with Gasteiger partial charge in [-0.1, -0.05) is 12.1 Å². The van der Waals surface area contributed by atoms with Gasteiger partial charge in [-0.2, -0.15) is 0 Å². The molecular formula is C13H18F2N2O3. The van der Waals surface area contributed by atoms with Gasteiger partial charge in [-0.3, -0.25) is 4.90 Å². The number of aliphatic hydroxyl groups excluding tert-OH is 1. The zero-order valence-electron chi connectivity index (χ0n) is 10.9. The number of aliphatic hydroxyl groups is 1. The molecular weight excluding hydrogens is 270 g/mol. The Morgan fingerprint density at radius 3 is 2.50 bits per heavy atom. The molecule has 7 heteroatoms. The van der Waals surface area contributed by atoms with Crippen LogP contribution in [0.1, 0.15) is 11.6 Å². The van der Waals surface area contributed by atoms with Gasteiger partial charge in [0.05, 0.1) is 0 Å². The summed E-state index contributed by atoms with van der Waals surface area (Å²) in [4.78, 5) is 1.50. The van der Waals surface area contributed by atoms with Crippen LogP contribution in [0, 0.1) is 0 Å². The van der Waals surface area contributed by atoms with Crippen molar-refractivity contribution in [1.29, 1.82) is 0 Å². The third kappa shape index (κ3) is 2.84. The van der Waals surface area contributed by atoms with E-state index in [4.69, 9.17) is 5.11 Å². The number of alkyl halides is 2. The minimum atomic E-state index is -3.41. The Balaban J connectivity index is 2.42. The molecule has 5 nitrogen and oxygen atoms in total. The van der Waals surface area contributed by atoms with E-state index in [2.05, 4.69) is 5.32 Å². The first-order valence-electron chi connectivity index (χ1n) is 6.41. The predicted molar refractivity (Wildman–Crippen MR) is 69.0 cm³/mol. The van der Waals surface area contributed by atoms with Crippen LogP contribution in [-0.4, -0.2) is 58.9 Å². The molecule has 112 valence electrons. The first kappa shape index (κ1) is 15.0. The van der Waals surface area contributed by atoms with E-state index < -0.39 is 30.1 Å². The number of nitrogens with zero attached hydrogens (tertiary/aromatic N) is 1. The Kier molecular flexibility index (Phi) is 4.42. The van der Waals surface area contributed by atoms with E-state index in [-0.39, 0.29) is 5.56 Å². The van der Waals surface area contributed by atoms with Gasteiger partial charge < -0.3 is 20.6 Å². The van der Waals surface area contributed by atoms with Gasteiger partial charge in [0.1, 0.15) is 12.6 Å². The lowest BCUT2D eigenvalue weighted by atomic mass is 9.97. The summed E-state index contributed by atoms with van der Waals surface area (Å²) in [6.45, 7) is 0.524. The molecule has 0 unspecified atom stereocenters. The molecule has 1 fully saturated rings. The lowest BCUT2D eigenvalue weighted by Crippen LogP contribution is -2.51. The summed E-state index contributed by atoms with van der Waals surface area (Å²) in [6.07, 6.45) is 0. The highest BCUT2D eigenvalue weighted by atomic mass is 19.3. The maximum Gasteiger partial charge on any atom is 0.290 e. The molecule has 1 atom stereocenters. The summed E-state index contributed by atoms with van der Waals surface area (Å²) in [5, 5.41) is 31.4. The predicted octanol–water partition coefficient (Wildman–Crippen LogP) is 0.672. The number of rotatable bonds is 4. The molecule has 1 saturated heterocycles. The van der Waals surface area contributed by atoms with Crippen molar-refractivity contribution in [3.8, 4) is 11.5 Å². The number of phenols is 2. The van der Waals surface area contributed by atoms with Crippen LogP contribution in [-0.2, 0) is 0 Å². The molecule has 0 amide bonds. The molecule has 4 N–H and O–H groups in total. The van der Waals surface area contributed by atoms with Crippen molar-refractivity contribution in [2.24, 2.45) is 0 Å². The molecule has 2 rings (SSSR count). The third-order valence-electron chi connectivity index (χ3n) is 3.47. The summed E-state index contributed by atoms with van der Waals surface area (Å²) in [5.74, 6) is -4.43. The Hall–Kier alpha value is -1.44. The van der Waals surface area contributed by atoms with Crippen LogP contribution in [0.2, 0.25) is 0 Å². The normalized spacial score (nSPS) is 18.9. The average molecular weight is 288 g/mol. The lowest BCUT2D eigenvalue weighted by Gasteiger charge is -2.38. The van der Waals surface area contributed by atoms with E-state index in [1.807, 2.05) is 0 Å². The first-order chi connectivity index (χ1) is 9.47. The molecule has 1 heterocycles. The van der Waals surface area contributed by atoms with Crippen LogP contribution >= 0.6 is 0 Å². The fraction of sp³-hybridized carbons (Fsp3) is 0.538. The standard InChI is InChI=1S/C13H18F2N2O3/c14-13(15,8-18)12(17-6-4-16-5-7-17)9-2-1-3-10(19)11(9)20/h1-3,12,16,18-20H,4-8H2/t12-/m0/s1. The fourth-order valence-corrected chi connectivity index (χ4v) is 2.49. The van der Waals surface area contributed by atoms with Crippen LogP contribution in [0.3, 0.4) is 0 Å². The van der Waals surface area contributed by atoms with E-state index in [0.29, 0.717) is 26.2 Å². The molecule has 1 aromatic rings. The van der Waals surface area contributed by atoms with Crippen LogP contribution in [0.25, 0.3) is 0 Å². The number of piperazine rings is 1. The summed E-state index contributed by atoms with van der Waals surface area (Å²) >= 11 is 0. The third-order valence-corrected chi connectivity index (χ3v) is 3.47. The van der Waals surface area contributed by atoms with Crippen molar-refractivity contribution in [2.45, 2.75) is 12.0 Å². The fourth-order valence-electron chi connectivity index (χ4n) is 2.49. The second-order valence-electron chi connectivity index (χ2n) is 4.82. The van der Waals surface area contributed by atoms with E-state index in [0.717, 1.165) is 0 Å². The Morgan fingerprint density at radius 1 is 1.25 bits per heavy atom. The van der Waals surface area contributed by atoms with Crippen LogP contribution in [0.4, 0.5) is 8.78 Å². The van der Waals surface area contributed by atoms with E-state index in [1.165, 1.54) is 23.1 Å². The molecule has 0 spiro atoms. The quantitative estimate of drug-likeness (QED) is 0.613. The number of nitrogens with one attached hydrogen (secondary N) is 1. The van der Waals surface area contributed by atoms with Gasteiger partial charge in [-0.25, -0.2) is 8.78 Å². The van der Waals surface area contributed by atoms with E-state index in [1.54, 1.807) is 0 Å². The highest BCUT2D eigenvalue weighted by molar-refractivity contribution is 5.46. The van der Waals surface area contributed by atoms with Gasteiger partial charge in [0.2, 0.25) is 0 Å². The molecule has 0 aromatic heterocycles. The molecule has 0 bridgehead atoms. The molecule has 1 aliphatic heterocycles. The van der Waals surface area contributed by atoms with E-state index >= 15 is 0 Å². The number of para-hydroxylation sites is 1. The maximum absolute atomic E-state index is 14.1. The molecule has 0 aliphatic carbocycles. The molecule has 20 heavy (non-hydrogen) atoms. The number of benzene rings is 1. The minimum Gasteiger partial charge on any atom is -0.504 e. The van der Waals surface area contributed by atoms with Gasteiger partial charge in [0.25, 0.3) is 5.92 Å². The van der Waals surface area contributed by atoms with Gasteiger partial charge in [-0.15, -0.1) is 0 Å². The van der Waals surface area contributed by atoms with Crippen molar-refractivity contribution in [3.05, 3.63) is 23.8 Å². The summed E-state index contributed by atoms with van der Waals surface area (Å²) in [7, 11) is 0. The molecule has 0 saturated carbocycles. The Labute approximate surface area is 115 Å². The SMILES string of the molecule is OCC(F)(F)[C@H](c1cccc(O)c1O)N1CCNCC1. The highest BCUT2D eigenvalue weighted by Gasteiger charge is 2.45. The minimum absolute atomic E-state index is 0.0778. The van der Waals surface area contributed by atoms with Crippen LogP contribution in [0.5, 0.6) is 11.5 Å². The molecule has 1 aromatic carbocycles. The first-order valence-corrected chi connectivity index (χ1v) is 6.41. The number of phenolic OH excluding ortho intramolecular Hbond substituents is 2. The van der Waals surface area contributed by atoms with Gasteiger partial charge >= 0.3 is 0 Å². The molecule has 0 radical (unpaired) electrons. The lowest BCUT2D eigenvalue weighted by molar-refractivity contribution is -0.119. The Bertz CT molecular complexity index is 465. The number of halogens is 2. The van der Waals surface area contributed by atoms with Crippen molar-refractivity contribution >= 4 is 0 Å². The number of hydrogen-bond acceptors (Lipinski definition) is 5. The topological polar surface area (TPSA) is 76.0 Å². The van der Waals surface area contributed by atoms with Crippen LogP contribution < -0.4 is 5.32 Å². The molecule has 1 aliphatic rings. The van der Waals surface area contributed by atoms with Crippen molar-refractivity contribution in [1.82, 2.24) is 10.2 Å². The monoisotopic (exact) mass is 288 g/mol. The summed E-state index contributed by atoms with van der Waals surface area (Å²) in [5.41, 5.74) is -0.0778. The summed E-state index contributed by atoms with van der Waals surface area (Å²) < 4.78 is 28.2. The van der Waals surface area contributed by atoms with Gasteiger partial charge in [0, 0.05) is 31.7 Å². The smallest absolute Gasteiger partial charge is 0.290 e. The average Bonchev–Trinajstić information content (AvgIpc) is 2.45.